The molecule has 5 nitrogen and oxygen atoms in total. The first kappa shape index (κ1) is 20.5. The number of halogens is 2. The monoisotopic (exact) mass is 408 g/mol. The second kappa shape index (κ2) is 7.49. The smallest absolute Gasteiger partial charge is 0.269 e. The Hall–Kier alpha value is -1.76. The Morgan fingerprint density at radius 1 is 1.31 bits per heavy atom. The van der Waals surface area contributed by atoms with Crippen LogP contribution < -0.4 is 4.74 Å². The van der Waals surface area contributed by atoms with Gasteiger partial charge in [0.1, 0.15) is 6.10 Å². The van der Waals surface area contributed by atoms with Crippen LogP contribution in [0.1, 0.15) is 70.1 Å². The summed E-state index contributed by atoms with van der Waals surface area (Å²) in [5.74, 6) is 0.206. The normalized spacial score (nSPS) is 28.9. The fourth-order valence-electron chi connectivity index (χ4n) is 5.10. The van der Waals surface area contributed by atoms with Gasteiger partial charge in [-0.25, -0.2) is 13.8 Å². The number of pyridine rings is 1. The third kappa shape index (κ3) is 4.11. The van der Waals surface area contributed by atoms with E-state index in [1.165, 1.54) is 6.07 Å². The first-order chi connectivity index (χ1) is 13.7. The zero-order valence-electron chi connectivity index (χ0n) is 17.2. The van der Waals surface area contributed by atoms with E-state index in [9.17, 15) is 18.7 Å². The first-order valence-corrected chi connectivity index (χ1v) is 10.7. The summed E-state index contributed by atoms with van der Waals surface area (Å²) in [6.07, 6.45) is 2.53. The zero-order valence-corrected chi connectivity index (χ0v) is 17.2. The van der Waals surface area contributed by atoms with Crippen LogP contribution in [0.4, 0.5) is 8.78 Å². The molecule has 1 aromatic rings. The van der Waals surface area contributed by atoms with Crippen LogP contribution in [-0.4, -0.2) is 45.7 Å². The van der Waals surface area contributed by atoms with Gasteiger partial charge < -0.3 is 14.7 Å². The largest absolute Gasteiger partial charge is 0.474 e. The minimum atomic E-state index is -2.60. The van der Waals surface area contributed by atoms with Crippen LogP contribution >= 0.6 is 0 Å². The molecule has 0 aromatic carbocycles. The van der Waals surface area contributed by atoms with Gasteiger partial charge >= 0.3 is 0 Å². The van der Waals surface area contributed by atoms with Crippen molar-refractivity contribution in [1.29, 1.82) is 0 Å². The number of rotatable bonds is 5. The van der Waals surface area contributed by atoms with E-state index >= 15 is 0 Å². The van der Waals surface area contributed by atoms with E-state index in [0.29, 0.717) is 19.3 Å². The molecule has 1 aliphatic heterocycles. The van der Waals surface area contributed by atoms with Gasteiger partial charge in [0.2, 0.25) is 11.8 Å². The number of ether oxygens (including phenoxy) is 1. The van der Waals surface area contributed by atoms with Crippen molar-refractivity contribution in [2.45, 2.75) is 76.9 Å². The van der Waals surface area contributed by atoms with Crippen LogP contribution in [-0.2, 0) is 11.2 Å². The second-order valence-electron chi connectivity index (χ2n) is 9.46. The predicted octanol–water partition coefficient (Wildman–Crippen LogP) is 3.89. The van der Waals surface area contributed by atoms with Gasteiger partial charge in [-0.2, -0.15) is 0 Å². The highest BCUT2D eigenvalue weighted by molar-refractivity contribution is 5.81. The molecule has 1 spiro atoms. The van der Waals surface area contributed by atoms with Gasteiger partial charge in [-0.15, -0.1) is 0 Å². The highest BCUT2D eigenvalue weighted by Gasteiger charge is 2.51. The Kier molecular flexibility index (Phi) is 5.30. The summed E-state index contributed by atoms with van der Waals surface area (Å²) in [5.41, 5.74) is 0.0731. The van der Waals surface area contributed by atoms with E-state index in [0.717, 1.165) is 44.5 Å². The van der Waals surface area contributed by atoms with E-state index in [1.807, 2.05) is 11.8 Å². The van der Waals surface area contributed by atoms with Crippen molar-refractivity contribution in [1.82, 2.24) is 9.88 Å². The number of carbonyl (C=O) groups excluding carboxylic acids is 1. The lowest BCUT2D eigenvalue weighted by Gasteiger charge is -2.55. The lowest BCUT2D eigenvalue weighted by molar-refractivity contribution is -0.164. The molecule has 1 N–H and O–H groups in total. The number of aryl methyl sites for hydroxylation is 1. The van der Waals surface area contributed by atoms with E-state index in [-0.39, 0.29) is 34.8 Å². The predicted molar refractivity (Wildman–Crippen MR) is 104 cm³/mol. The Morgan fingerprint density at radius 3 is 2.52 bits per heavy atom. The molecule has 3 aliphatic rings. The van der Waals surface area contributed by atoms with E-state index < -0.39 is 12.0 Å². The van der Waals surface area contributed by atoms with Crippen molar-refractivity contribution >= 4 is 5.91 Å². The standard InChI is InChI=1S/C22H30F2N2O3/c1-3-15-4-5-17(18(23)24)19(25-15)29-16-6-8-22(9-7-16)12-26(13-22)20(27)14-10-21(2,28)11-14/h4-5,14,16,18,28H,3,6-13H2,1-2H3/t14-,21+. The van der Waals surface area contributed by atoms with Crippen molar-refractivity contribution in [2.75, 3.05) is 13.1 Å². The number of alkyl halides is 2. The minimum absolute atomic E-state index is 0.0355. The topological polar surface area (TPSA) is 62.7 Å². The SMILES string of the molecule is CCc1ccc(C(F)F)c(OC2CCC3(CC2)CN(C(=O)[C@H]2C[C@@](C)(O)C2)C3)n1. The first-order valence-electron chi connectivity index (χ1n) is 10.7. The van der Waals surface area contributed by atoms with Gasteiger partial charge in [-0.05, 0) is 64.0 Å². The summed E-state index contributed by atoms with van der Waals surface area (Å²) in [5, 5.41) is 9.85. The lowest BCUT2D eigenvalue weighted by Crippen LogP contribution is -2.63. The third-order valence-electron chi connectivity index (χ3n) is 6.90. The zero-order chi connectivity index (χ0) is 20.8. The van der Waals surface area contributed by atoms with Gasteiger partial charge in [0, 0.05) is 30.1 Å². The number of likely N-dealkylation sites (tertiary alicyclic amines) is 1. The quantitative estimate of drug-likeness (QED) is 0.803. The van der Waals surface area contributed by atoms with Crippen molar-refractivity contribution in [3.8, 4) is 5.88 Å². The maximum atomic E-state index is 13.3. The number of hydrogen-bond donors (Lipinski definition) is 1. The summed E-state index contributed by atoms with van der Waals surface area (Å²) in [6, 6.07) is 3.05. The van der Waals surface area contributed by atoms with Crippen LogP contribution in [0, 0.1) is 11.3 Å². The van der Waals surface area contributed by atoms with E-state index in [2.05, 4.69) is 4.98 Å². The number of aliphatic hydroxyl groups is 1. The van der Waals surface area contributed by atoms with Crippen LogP contribution in [0.2, 0.25) is 0 Å². The summed E-state index contributed by atoms with van der Waals surface area (Å²) in [6.45, 7) is 5.25. The molecule has 160 valence electrons. The van der Waals surface area contributed by atoms with Crippen LogP contribution in [0.15, 0.2) is 12.1 Å². The van der Waals surface area contributed by atoms with Gasteiger partial charge in [-0.3, -0.25) is 4.79 Å². The molecule has 2 aliphatic carbocycles. The molecule has 0 atom stereocenters. The molecule has 0 bridgehead atoms. The number of nitrogens with zero attached hydrogens (tertiary/aromatic N) is 2. The summed E-state index contributed by atoms with van der Waals surface area (Å²) in [4.78, 5) is 18.7. The summed E-state index contributed by atoms with van der Waals surface area (Å²) in [7, 11) is 0. The number of carbonyl (C=O) groups is 1. The molecule has 29 heavy (non-hydrogen) atoms. The van der Waals surface area contributed by atoms with Gasteiger partial charge in [0.25, 0.3) is 6.43 Å². The molecule has 0 unspecified atom stereocenters. The maximum Gasteiger partial charge on any atom is 0.269 e. The van der Waals surface area contributed by atoms with Crippen LogP contribution in [0.5, 0.6) is 5.88 Å². The highest BCUT2D eigenvalue weighted by atomic mass is 19.3. The molecule has 1 saturated heterocycles. The molecule has 3 fully saturated rings. The molecule has 2 heterocycles. The van der Waals surface area contributed by atoms with E-state index in [1.54, 1.807) is 13.0 Å². The van der Waals surface area contributed by atoms with Gasteiger partial charge in [0.05, 0.1) is 11.2 Å². The number of aromatic nitrogens is 1. The van der Waals surface area contributed by atoms with Crippen molar-refractivity contribution in [2.24, 2.45) is 11.3 Å². The van der Waals surface area contributed by atoms with Gasteiger partial charge in [0.15, 0.2) is 0 Å². The van der Waals surface area contributed by atoms with Crippen LogP contribution in [0.25, 0.3) is 0 Å². The molecule has 0 radical (unpaired) electrons. The Morgan fingerprint density at radius 2 is 1.97 bits per heavy atom. The molecule has 2 saturated carbocycles. The molecular weight excluding hydrogens is 378 g/mol. The minimum Gasteiger partial charge on any atom is -0.474 e. The van der Waals surface area contributed by atoms with Crippen molar-refractivity contribution in [3.05, 3.63) is 23.4 Å². The Labute approximate surface area is 170 Å². The fraction of sp³-hybridized carbons (Fsp3) is 0.727. The maximum absolute atomic E-state index is 13.3. The highest BCUT2D eigenvalue weighted by Crippen LogP contribution is 2.47. The molecule has 1 aromatic heterocycles. The average molecular weight is 408 g/mol. The summed E-state index contributed by atoms with van der Waals surface area (Å²) >= 11 is 0. The second-order valence-corrected chi connectivity index (χ2v) is 9.46. The number of amides is 1. The molecule has 7 heteroatoms. The molecule has 1 amide bonds. The van der Waals surface area contributed by atoms with E-state index in [4.69, 9.17) is 4.74 Å². The fourth-order valence-corrected chi connectivity index (χ4v) is 5.10. The Balaban J connectivity index is 1.29. The van der Waals surface area contributed by atoms with Gasteiger partial charge in [-0.1, -0.05) is 6.92 Å². The summed E-state index contributed by atoms with van der Waals surface area (Å²) < 4.78 is 32.5. The van der Waals surface area contributed by atoms with Crippen molar-refractivity contribution in [3.63, 3.8) is 0 Å². The third-order valence-corrected chi connectivity index (χ3v) is 6.90. The average Bonchev–Trinajstić information content (AvgIpc) is 2.64. The Bertz CT molecular complexity index is 759. The molecular formula is C22H30F2N2O3. The van der Waals surface area contributed by atoms with Crippen LogP contribution in [0.3, 0.4) is 0 Å². The number of hydrogen-bond acceptors (Lipinski definition) is 4. The molecule has 4 rings (SSSR count). The van der Waals surface area contributed by atoms with Crippen molar-refractivity contribution < 1.29 is 23.4 Å². The lowest BCUT2D eigenvalue weighted by atomic mass is 9.66.